The highest BCUT2D eigenvalue weighted by molar-refractivity contribution is 5.74. The van der Waals surface area contributed by atoms with E-state index in [1.54, 1.807) is 4.90 Å². The molecule has 7 heteroatoms. The molecular formula is C13H21N3O4. The average molecular weight is 283 g/mol. The fraction of sp³-hybridized carbons (Fsp3) is 0.846. The number of carbonyl (C=O) groups is 2. The number of piperazine rings is 1. The molecule has 0 radical (unpaired) electrons. The monoisotopic (exact) mass is 283 g/mol. The van der Waals surface area contributed by atoms with Crippen LogP contribution in [0.3, 0.4) is 0 Å². The van der Waals surface area contributed by atoms with E-state index in [1.807, 2.05) is 9.80 Å². The third kappa shape index (κ3) is 2.60. The van der Waals surface area contributed by atoms with E-state index in [4.69, 9.17) is 9.47 Å². The van der Waals surface area contributed by atoms with Crippen LogP contribution in [0.5, 0.6) is 0 Å². The van der Waals surface area contributed by atoms with Crippen molar-refractivity contribution in [3.8, 4) is 0 Å². The molecule has 20 heavy (non-hydrogen) atoms. The second-order valence-corrected chi connectivity index (χ2v) is 5.51. The Morgan fingerprint density at radius 1 is 0.900 bits per heavy atom. The molecule has 0 aromatic carbocycles. The van der Waals surface area contributed by atoms with E-state index < -0.39 is 5.79 Å². The Bertz CT molecular complexity index is 366. The van der Waals surface area contributed by atoms with Gasteiger partial charge in [-0.15, -0.1) is 0 Å². The summed E-state index contributed by atoms with van der Waals surface area (Å²) >= 11 is 0. The van der Waals surface area contributed by atoms with Gasteiger partial charge in [0.05, 0.1) is 13.2 Å². The molecule has 0 N–H and O–H groups in total. The molecule has 0 aliphatic carbocycles. The normalized spacial score (nSPS) is 26.1. The summed E-state index contributed by atoms with van der Waals surface area (Å²) in [5, 5.41) is 0. The molecule has 112 valence electrons. The van der Waals surface area contributed by atoms with Crippen LogP contribution in [0.15, 0.2) is 0 Å². The van der Waals surface area contributed by atoms with Crippen molar-refractivity contribution in [1.82, 2.24) is 14.7 Å². The molecule has 3 amide bonds. The number of ether oxygens (including phenoxy) is 2. The minimum absolute atomic E-state index is 0.0726. The Morgan fingerprint density at radius 3 is 2.00 bits per heavy atom. The summed E-state index contributed by atoms with van der Waals surface area (Å²) in [6.07, 6.45) is 2.33. The van der Waals surface area contributed by atoms with E-state index in [-0.39, 0.29) is 6.03 Å². The zero-order chi connectivity index (χ0) is 14.0. The van der Waals surface area contributed by atoms with Crippen LogP contribution in [0.4, 0.5) is 4.79 Å². The summed E-state index contributed by atoms with van der Waals surface area (Å²) in [6.45, 7) is 5.14. The standard InChI is InChI=1S/C13H21N3O4/c17-11-14-5-7-16(8-6-14)12(18)15-3-1-13(2-4-15)19-9-10-20-13/h11H,1-10H2. The van der Waals surface area contributed by atoms with Gasteiger partial charge in [0.25, 0.3) is 0 Å². The Morgan fingerprint density at radius 2 is 1.45 bits per heavy atom. The first-order valence-corrected chi connectivity index (χ1v) is 7.24. The van der Waals surface area contributed by atoms with Crippen molar-refractivity contribution >= 4 is 12.4 Å². The van der Waals surface area contributed by atoms with Gasteiger partial charge in [0.15, 0.2) is 5.79 Å². The van der Waals surface area contributed by atoms with Crippen molar-refractivity contribution < 1.29 is 19.1 Å². The fourth-order valence-corrected chi connectivity index (χ4v) is 3.04. The molecular weight excluding hydrogens is 262 g/mol. The van der Waals surface area contributed by atoms with Gasteiger partial charge in [-0.25, -0.2) is 4.79 Å². The van der Waals surface area contributed by atoms with Crippen LogP contribution >= 0.6 is 0 Å². The average Bonchev–Trinajstić information content (AvgIpc) is 2.96. The Balaban J connectivity index is 1.50. The van der Waals surface area contributed by atoms with E-state index >= 15 is 0 Å². The molecule has 0 aromatic heterocycles. The summed E-state index contributed by atoms with van der Waals surface area (Å²) in [5.41, 5.74) is 0. The molecule has 0 atom stereocenters. The first-order valence-electron chi connectivity index (χ1n) is 7.24. The zero-order valence-electron chi connectivity index (χ0n) is 11.6. The highest BCUT2D eigenvalue weighted by atomic mass is 16.7. The molecule has 3 rings (SSSR count). The second kappa shape index (κ2) is 5.57. The second-order valence-electron chi connectivity index (χ2n) is 5.51. The number of nitrogens with zero attached hydrogens (tertiary/aromatic N) is 3. The van der Waals surface area contributed by atoms with Crippen LogP contribution < -0.4 is 0 Å². The first kappa shape index (κ1) is 13.6. The molecule has 1 spiro atoms. The van der Waals surface area contributed by atoms with Crippen LogP contribution in [0.2, 0.25) is 0 Å². The summed E-state index contributed by atoms with van der Waals surface area (Å²) in [7, 11) is 0. The van der Waals surface area contributed by atoms with E-state index in [1.165, 1.54) is 0 Å². The van der Waals surface area contributed by atoms with Gasteiger partial charge in [-0.1, -0.05) is 0 Å². The Hall–Kier alpha value is -1.34. The predicted molar refractivity (Wildman–Crippen MR) is 70.0 cm³/mol. The molecule has 0 bridgehead atoms. The number of amides is 3. The van der Waals surface area contributed by atoms with Crippen molar-refractivity contribution in [2.75, 3.05) is 52.5 Å². The van der Waals surface area contributed by atoms with Crippen LogP contribution in [-0.2, 0) is 14.3 Å². The maximum absolute atomic E-state index is 12.4. The first-order chi connectivity index (χ1) is 9.72. The number of likely N-dealkylation sites (tertiary alicyclic amines) is 1. The van der Waals surface area contributed by atoms with Gasteiger partial charge in [0.1, 0.15) is 0 Å². The highest BCUT2D eigenvalue weighted by Gasteiger charge is 2.41. The largest absolute Gasteiger partial charge is 0.347 e. The lowest BCUT2D eigenvalue weighted by atomic mass is 10.0. The summed E-state index contributed by atoms with van der Waals surface area (Å²) in [5.74, 6) is -0.438. The van der Waals surface area contributed by atoms with Gasteiger partial charge in [0.2, 0.25) is 6.41 Å². The lowest BCUT2D eigenvalue weighted by molar-refractivity contribution is -0.182. The third-order valence-corrected chi connectivity index (χ3v) is 4.34. The topological polar surface area (TPSA) is 62.3 Å². The lowest BCUT2D eigenvalue weighted by Gasteiger charge is -2.41. The van der Waals surface area contributed by atoms with Crippen LogP contribution in [0, 0.1) is 0 Å². The smallest absolute Gasteiger partial charge is 0.320 e. The van der Waals surface area contributed by atoms with E-state index in [9.17, 15) is 9.59 Å². The predicted octanol–water partition coefficient (Wildman–Crippen LogP) is -0.281. The van der Waals surface area contributed by atoms with E-state index in [0.717, 1.165) is 19.3 Å². The molecule has 0 unspecified atom stereocenters. The van der Waals surface area contributed by atoms with Gasteiger partial charge in [-0.05, 0) is 0 Å². The maximum Gasteiger partial charge on any atom is 0.320 e. The highest BCUT2D eigenvalue weighted by Crippen LogP contribution is 2.31. The van der Waals surface area contributed by atoms with Gasteiger partial charge < -0.3 is 24.2 Å². The van der Waals surface area contributed by atoms with Gasteiger partial charge in [-0.3, -0.25) is 4.79 Å². The molecule has 0 saturated carbocycles. The van der Waals surface area contributed by atoms with Crippen LogP contribution in [0.1, 0.15) is 12.8 Å². The van der Waals surface area contributed by atoms with Crippen molar-refractivity contribution in [2.24, 2.45) is 0 Å². The maximum atomic E-state index is 12.4. The number of urea groups is 1. The number of hydrogen-bond acceptors (Lipinski definition) is 4. The molecule has 3 saturated heterocycles. The zero-order valence-corrected chi connectivity index (χ0v) is 11.6. The number of rotatable bonds is 1. The molecule has 3 heterocycles. The number of piperidine rings is 1. The molecule has 0 aromatic rings. The van der Waals surface area contributed by atoms with E-state index in [2.05, 4.69) is 0 Å². The summed E-state index contributed by atoms with van der Waals surface area (Å²) in [6, 6.07) is 0.0726. The molecule has 3 fully saturated rings. The molecule has 7 nitrogen and oxygen atoms in total. The van der Waals surface area contributed by atoms with Crippen molar-refractivity contribution in [3.63, 3.8) is 0 Å². The number of carbonyl (C=O) groups excluding carboxylic acids is 2. The fourth-order valence-electron chi connectivity index (χ4n) is 3.04. The van der Waals surface area contributed by atoms with Crippen molar-refractivity contribution in [2.45, 2.75) is 18.6 Å². The minimum atomic E-state index is -0.438. The Kier molecular flexibility index (Phi) is 3.80. The van der Waals surface area contributed by atoms with Crippen LogP contribution in [-0.4, -0.2) is 85.4 Å². The third-order valence-electron chi connectivity index (χ3n) is 4.34. The van der Waals surface area contributed by atoms with Gasteiger partial charge >= 0.3 is 6.03 Å². The van der Waals surface area contributed by atoms with Crippen molar-refractivity contribution in [1.29, 1.82) is 0 Å². The van der Waals surface area contributed by atoms with Gasteiger partial charge in [0, 0.05) is 52.1 Å². The quantitative estimate of drug-likeness (QED) is 0.621. The lowest BCUT2D eigenvalue weighted by Crippen LogP contribution is -2.55. The van der Waals surface area contributed by atoms with E-state index in [0.29, 0.717) is 52.5 Å². The molecule has 3 aliphatic rings. The Labute approximate surface area is 118 Å². The number of hydrogen-bond donors (Lipinski definition) is 0. The summed E-state index contributed by atoms with van der Waals surface area (Å²) < 4.78 is 11.3. The van der Waals surface area contributed by atoms with Crippen molar-refractivity contribution in [3.05, 3.63) is 0 Å². The minimum Gasteiger partial charge on any atom is -0.347 e. The molecule has 3 aliphatic heterocycles. The summed E-state index contributed by atoms with van der Waals surface area (Å²) in [4.78, 5) is 28.5. The van der Waals surface area contributed by atoms with Crippen LogP contribution in [0.25, 0.3) is 0 Å². The SMILES string of the molecule is O=CN1CCN(C(=O)N2CCC3(CC2)OCCO3)CC1. The van der Waals surface area contributed by atoms with Gasteiger partial charge in [-0.2, -0.15) is 0 Å².